The lowest BCUT2D eigenvalue weighted by Crippen LogP contribution is -2.35. The van der Waals surface area contributed by atoms with Gasteiger partial charge in [0.05, 0.1) is 6.42 Å². The van der Waals surface area contributed by atoms with E-state index in [4.69, 9.17) is 10.5 Å². The van der Waals surface area contributed by atoms with Crippen molar-refractivity contribution in [3.05, 3.63) is 74.4 Å². The Morgan fingerprint density at radius 3 is 2.56 bits per heavy atom. The molecule has 0 atom stereocenters. The molecule has 0 aliphatic heterocycles. The van der Waals surface area contributed by atoms with Crippen molar-refractivity contribution in [3.63, 3.8) is 0 Å². The van der Waals surface area contributed by atoms with Crippen LogP contribution in [-0.4, -0.2) is 27.9 Å². The molecular formula is C19H17N3O5. The second-order valence-corrected chi connectivity index (χ2v) is 6.02. The van der Waals surface area contributed by atoms with Gasteiger partial charge in [-0.15, -0.1) is 0 Å². The first-order valence-electron chi connectivity index (χ1n) is 8.12. The van der Waals surface area contributed by atoms with Gasteiger partial charge >= 0.3 is 11.7 Å². The molecule has 0 aliphatic rings. The van der Waals surface area contributed by atoms with Crippen molar-refractivity contribution < 1.29 is 14.3 Å². The van der Waals surface area contributed by atoms with Gasteiger partial charge in [-0.2, -0.15) is 0 Å². The Bertz CT molecular complexity index is 1160. The van der Waals surface area contributed by atoms with E-state index >= 15 is 0 Å². The fourth-order valence-corrected chi connectivity index (χ4v) is 2.69. The molecular weight excluding hydrogens is 350 g/mol. The number of nitrogens with one attached hydrogen (secondary N) is 1. The van der Waals surface area contributed by atoms with E-state index in [1.165, 1.54) is 7.05 Å². The van der Waals surface area contributed by atoms with Gasteiger partial charge in [-0.1, -0.05) is 42.5 Å². The van der Waals surface area contributed by atoms with Gasteiger partial charge in [-0.3, -0.25) is 23.9 Å². The van der Waals surface area contributed by atoms with Crippen molar-refractivity contribution in [1.29, 1.82) is 0 Å². The summed E-state index contributed by atoms with van der Waals surface area (Å²) < 4.78 is 5.91. The molecule has 0 saturated carbocycles. The molecule has 0 radical (unpaired) electrons. The SMILES string of the molecule is Cn1c(N)c(C(=O)COC(=O)Cc2ccc3ccccc3c2)c(=O)[nH]c1=O. The quantitative estimate of drug-likeness (QED) is 0.507. The van der Waals surface area contributed by atoms with Crippen LogP contribution in [0.4, 0.5) is 5.82 Å². The van der Waals surface area contributed by atoms with Crippen LogP contribution in [-0.2, 0) is 23.0 Å². The minimum Gasteiger partial charge on any atom is -0.457 e. The molecule has 0 unspecified atom stereocenters. The molecule has 27 heavy (non-hydrogen) atoms. The highest BCUT2D eigenvalue weighted by atomic mass is 16.5. The monoisotopic (exact) mass is 367 g/mol. The molecule has 0 spiro atoms. The van der Waals surface area contributed by atoms with Gasteiger partial charge in [0, 0.05) is 7.05 Å². The predicted octanol–water partition coefficient (Wildman–Crippen LogP) is 0.778. The summed E-state index contributed by atoms with van der Waals surface area (Å²) in [4.78, 5) is 49.4. The van der Waals surface area contributed by atoms with Crippen LogP contribution in [0.5, 0.6) is 0 Å². The van der Waals surface area contributed by atoms with Gasteiger partial charge in [-0.05, 0) is 16.3 Å². The number of esters is 1. The number of nitrogens with zero attached hydrogens (tertiary/aromatic N) is 1. The lowest BCUT2D eigenvalue weighted by Gasteiger charge is -2.08. The first-order valence-corrected chi connectivity index (χ1v) is 8.12. The molecule has 8 heteroatoms. The Kier molecular flexibility index (Phi) is 4.89. The molecule has 0 amide bonds. The number of hydrogen-bond acceptors (Lipinski definition) is 6. The van der Waals surface area contributed by atoms with E-state index in [9.17, 15) is 19.2 Å². The first-order chi connectivity index (χ1) is 12.9. The number of fused-ring (bicyclic) bond motifs is 1. The smallest absolute Gasteiger partial charge is 0.329 e. The maximum absolute atomic E-state index is 12.2. The molecule has 2 aromatic carbocycles. The number of hydrogen-bond donors (Lipinski definition) is 2. The molecule has 1 heterocycles. The highest BCUT2D eigenvalue weighted by molar-refractivity contribution is 6.01. The Labute approximate surface area is 153 Å². The number of rotatable bonds is 5. The van der Waals surface area contributed by atoms with Crippen LogP contribution in [0.3, 0.4) is 0 Å². The zero-order valence-electron chi connectivity index (χ0n) is 14.5. The standard InChI is InChI=1S/C19H17N3O5/c1-22-17(20)16(18(25)21-19(22)26)14(23)10-27-15(24)9-11-6-7-12-4-2-3-5-13(12)8-11/h2-8H,9-10,20H2,1H3,(H,21,25,26). The summed E-state index contributed by atoms with van der Waals surface area (Å²) in [6.07, 6.45) is -0.0166. The summed E-state index contributed by atoms with van der Waals surface area (Å²) in [6.45, 7) is -0.641. The Balaban J connectivity index is 1.68. The molecule has 138 valence electrons. The third kappa shape index (κ3) is 3.79. The number of nitrogens with two attached hydrogens (primary N) is 1. The normalized spacial score (nSPS) is 10.7. The third-order valence-corrected chi connectivity index (χ3v) is 4.18. The number of aromatic amines is 1. The highest BCUT2D eigenvalue weighted by Crippen LogP contribution is 2.16. The lowest BCUT2D eigenvalue weighted by atomic mass is 10.1. The van der Waals surface area contributed by atoms with Crippen molar-refractivity contribution >= 4 is 28.3 Å². The number of carbonyl (C=O) groups is 2. The van der Waals surface area contributed by atoms with Gasteiger partial charge in [0.25, 0.3) is 5.56 Å². The minimum absolute atomic E-state index is 0.0166. The number of nitrogen functional groups attached to an aromatic ring is 1. The molecule has 3 rings (SSSR count). The second kappa shape index (κ2) is 7.28. The number of anilines is 1. The molecule has 1 aromatic heterocycles. The molecule has 3 N–H and O–H groups in total. The number of aromatic nitrogens is 2. The van der Waals surface area contributed by atoms with E-state index in [0.29, 0.717) is 0 Å². The van der Waals surface area contributed by atoms with Crippen LogP contribution in [0.2, 0.25) is 0 Å². The number of carbonyl (C=O) groups excluding carboxylic acids is 2. The number of ether oxygens (including phenoxy) is 1. The Hall–Kier alpha value is -3.68. The van der Waals surface area contributed by atoms with E-state index in [-0.39, 0.29) is 12.2 Å². The summed E-state index contributed by atoms with van der Waals surface area (Å²) >= 11 is 0. The van der Waals surface area contributed by atoms with Crippen LogP contribution in [0.15, 0.2) is 52.1 Å². The van der Waals surface area contributed by atoms with Crippen molar-refractivity contribution in [3.8, 4) is 0 Å². The zero-order chi connectivity index (χ0) is 19.6. The molecule has 0 aliphatic carbocycles. The van der Waals surface area contributed by atoms with Crippen molar-refractivity contribution in [2.24, 2.45) is 7.05 Å². The molecule has 0 bridgehead atoms. The largest absolute Gasteiger partial charge is 0.457 e. The lowest BCUT2D eigenvalue weighted by molar-refractivity contribution is -0.141. The predicted molar refractivity (Wildman–Crippen MR) is 99.7 cm³/mol. The van der Waals surface area contributed by atoms with Crippen molar-refractivity contribution in [2.75, 3.05) is 12.3 Å². The molecule has 8 nitrogen and oxygen atoms in total. The summed E-state index contributed by atoms with van der Waals surface area (Å²) in [5, 5.41) is 2.04. The van der Waals surface area contributed by atoms with Gasteiger partial charge in [0.1, 0.15) is 11.4 Å². The number of Topliss-reactive ketones (excluding diaryl/α,β-unsaturated/α-hetero) is 1. The van der Waals surface area contributed by atoms with Gasteiger partial charge in [0.2, 0.25) is 5.78 Å². The van der Waals surface area contributed by atoms with E-state index in [1.54, 1.807) is 6.07 Å². The fraction of sp³-hybridized carbons (Fsp3) is 0.158. The van der Waals surface area contributed by atoms with E-state index in [0.717, 1.165) is 20.9 Å². The van der Waals surface area contributed by atoms with Crippen LogP contribution in [0, 0.1) is 0 Å². The molecule has 0 saturated heterocycles. The fourth-order valence-electron chi connectivity index (χ4n) is 2.69. The average molecular weight is 367 g/mol. The zero-order valence-corrected chi connectivity index (χ0v) is 14.5. The number of benzene rings is 2. The Morgan fingerprint density at radius 2 is 1.81 bits per heavy atom. The second-order valence-electron chi connectivity index (χ2n) is 6.02. The number of H-pyrrole nitrogens is 1. The minimum atomic E-state index is -0.911. The maximum Gasteiger partial charge on any atom is 0.329 e. The van der Waals surface area contributed by atoms with Gasteiger partial charge in [-0.25, -0.2) is 4.79 Å². The van der Waals surface area contributed by atoms with Crippen LogP contribution in [0.1, 0.15) is 15.9 Å². The molecule has 3 aromatic rings. The summed E-state index contributed by atoms with van der Waals surface area (Å²) in [5.74, 6) is -1.67. The van der Waals surface area contributed by atoms with Crippen LogP contribution in [0.25, 0.3) is 10.8 Å². The van der Waals surface area contributed by atoms with Crippen LogP contribution >= 0.6 is 0 Å². The average Bonchev–Trinajstić information content (AvgIpc) is 2.64. The van der Waals surface area contributed by atoms with Gasteiger partial charge in [0.15, 0.2) is 6.61 Å². The van der Waals surface area contributed by atoms with E-state index < -0.39 is 35.2 Å². The van der Waals surface area contributed by atoms with Crippen molar-refractivity contribution in [1.82, 2.24) is 9.55 Å². The summed E-state index contributed by atoms with van der Waals surface area (Å²) in [5.41, 5.74) is 4.34. The first kappa shape index (κ1) is 18.1. The van der Waals surface area contributed by atoms with Crippen LogP contribution < -0.4 is 17.0 Å². The molecule has 0 fully saturated rings. The third-order valence-electron chi connectivity index (χ3n) is 4.18. The topological polar surface area (TPSA) is 124 Å². The van der Waals surface area contributed by atoms with Crippen molar-refractivity contribution in [2.45, 2.75) is 6.42 Å². The van der Waals surface area contributed by atoms with E-state index in [1.807, 2.05) is 41.4 Å². The van der Waals surface area contributed by atoms with E-state index in [2.05, 4.69) is 0 Å². The Morgan fingerprint density at radius 1 is 1.11 bits per heavy atom. The summed E-state index contributed by atoms with van der Waals surface area (Å²) in [6, 6.07) is 13.3. The highest BCUT2D eigenvalue weighted by Gasteiger charge is 2.19. The number of ketones is 1. The maximum atomic E-state index is 12.2. The van der Waals surface area contributed by atoms with Gasteiger partial charge < -0.3 is 10.5 Å². The summed E-state index contributed by atoms with van der Waals surface area (Å²) in [7, 11) is 1.32.